The lowest BCUT2D eigenvalue weighted by Gasteiger charge is -1.95. The van der Waals surface area contributed by atoms with E-state index in [4.69, 9.17) is 0 Å². The highest BCUT2D eigenvalue weighted by atomic mass is 32.1. The maximum atomic E-state index is 10.7. The Kier molecular flexibility index (Phi) is 3.11. The highest BCUT2D eigenvalue weighted by Gasteiger charge is 2.00. The Bertz CT molecular complexity index is 216. The van der Waals surface area contributed by atoms with Crippen LogP contribution in [-0.2, 0) is 16.0 Å². The molecule has 3 heteroatoms. The Morgan fingerprint density at radius 1 is 1.73 bits per heavy atom. The molecule has 0 bridgehead atoms. The summed E-state index contributed by atoms with van der Waals surface area (Å²) >= 11 is 1.67. The Morgan fingerprint density at radius 3 is 3.09 bits per heavy atom. The van der Waals surface area contributed by atoms with Gasteiger partial charge in [-0.3, -0.25) is 4.79 Å². The fourth-order valence-electron chi connectivity index (χ4n) is 0.782. The third-order valence-electron chi connectivity index (χ3n) is 1.38. The van der Waals surface area contributed by atoms with E-state index < -0.39 is 0 Å². The van der Waals surface area contributed by atoms with Gasteiger partial charge < -0.3 is 4.74 Å². The van der Waals surface area contributed by atoms with Crippen molar-refractivity contribution < 1.29 is 9.53 Å². The van der Waals surface area contributed by atoms with Crippen LogP contribution >= 0.6 is 11.3 Å². The zero-order valence-corrected chi connectivity index (χ0v) is 7.19. The Morgan fingerprint density at radius 2 is 2.55 bits per heavy atom. The van der Waals surface area contributed by atoms with Crippen molar-refractivity contribution in [3.05, 3.63) is 22.4 Å². The van der Waals surface area contributed by atoms with Crippen LogP contribution in [0.4, 0.5) is 0 Å². The minimum absolute atomic E-state index is 0.140. The van der Waals surface area contributed by atoms with Gasteiger partial charge in [0.05, 0.1) is 13.5 Å². The molecule has 60 valence electrons. The maximum Gasteiger partial charge on any atom is 0.305 e. The van der Waals surface area contributed by atoms with E-state index in [9.17, 15) is 4.79 Å². The summed E-state index contributed by atoms with van der Waals surface area (Å²) in [5.41, 5.74) is 0. The highest BCUT2D eigenvalue weighted by Crippen LogP contribution is 2.10. The molecule has 0 aliphatic rings. The molecule has 0 N–H and O–H groups in total. The lowest BCUT2D eigenvalue weighted by Crippen LogP contribution is -2.00. The molecule has 0 spiro atoms. The van der Waals surface area contributed by atoms with Crippen LogP contribution < -0.4 is 0 Å². The van der Waals surface area contributed by atoms with Gasteiger partial charge in [0.25, 0.3) is 0 Å². The van der Waals surface area contributed by atoms with Gasteiger partial charge in [-0.2, -0.15) is 0 Å². The summed E-state index contributed by atoms with van der Waals surface area (Å²) in [5.74, 6) is -0.140. The largest absolute Gasteiger partial charge is 0.469 e. The molecular weight excluding hydrogens is 160 g/mol. The van der Waals surface area contributed by atoms with E-state index in [2.05, 4.69) is 4.74 Å². The van der Waals surface area contributed by atoms with E-state index in [1.165, 1.54) is 12.0 Å². The molecule has 1 heterocycles. The lowest BCUT2D eigenvalue weighted by molar-refractivity contribution is -0.140. The minimum Gasteiger partial charge on any atom is -0.469 e. The standard InChI is InChI=1S/C8H10O2S/c1-10-8(9)5-4-7-3-2-6-11-7/h2-3,6H,4-5H2,1H3. The van der Waals surface area contributed by atoms with Crippen LogP contribution in [0, 0.1) is 0 Å². The van der Waals surface area contributed by atoms with Crippen LogP contribution in [0.2, 0.25) is 0 Å². The average molecular weight is 170 g/mol. The van der Waals surface area contributed by atoms with Crippen molar-refractivity contribution in [3.8, 4) is 0 Å². The summed E-state index contributed by atoms with van der Waals surface area (Å²) in [4.78, 5) is 11.9. The third kappa shape index (κ3) is 2.72. The van der Waals surface area contributed by atoms with Crippen LogP contribution in [-0.4, -0.2) is 13.1 Å². The first kappa shape index (κ1) is 8.27. The first-order chi connectivity index (χ1) is 5.33. The number of carbonyl (C=O) groups is 1. The summed E-state index contributed by atoms with van der Waals surface area (Å²) in [5, 5.41) is 2.01. The van der Waals surface area contributed by atoms with E-state index in [0.717, 1.165) is 6.42 Å². The van der Waals surface area contributed by atoms with Crippen LogP contribution in [0.15, 0.2) is 17.5 Å². The van der Waals surface area contributed by atoms with Gasteiger partial charge in [-0.25, -0.2) is 0 Å². The van der Waals surface area contributed by atoms with Gasteiger partial charge >= 0.3 is 5.97 Å². The molecule has 1 aromatic rings. The summed E-state index contributed by atoms with van der Waals surface area (Å²) < 4.78 is 4.51. The lowest BCUT2D eigenvalue weighted by atomic mass is 10.3. The van der Waals surface area contributed by atoms with Gasteiger partial charge in [0, 0.05) is 4.88 Å². The van der Waals surface area contributed by atoms with Crippen LogP contribution in [0.5, 0.6) is 0 Å². The molecule has 2 nitrogen and oxygen atoms in total. The average Bonchev–Trinajstić information content (AvgIpc) is 2.52. The second-order valence-electron chi connectivity index (χ2n) is 2.16. The Balaban J connectivity index is 2.29. The van der Waals surface area contributed by atoms with E-state index >= 15 is 0 Å². The molecule has 0 aliphatic heterocycles. The second kappa shape index (κ2) is 4.13. The van der Waals surface area contributed by atoms with Crippen molar-refractivity contribution in [1.82, 2.24) is 0 Å². The van der Waals surface area contributed by atoms with Crippen molar-refractivity contribution >= 4 is 17.3 Å². The van der Waals surface area contributed by atoms with Gasteiger partial charge in [-0.15, -0.1) is 11.3 Å². The van der Waals surface area contributed by atoms with Crippen LogP contribution in [0.3, 0.4) is 0 Å². The number of carbonyl (C=O) groups excluding carboxylic acids is 1. The number of esters is 1. The van der Waals surface area contributed by atoms with Crippen LogP contribution in [0.25, 0.3) is 0 Å². The van der Waals surface area contributed by atoms with Gasteiger partial charge in [0.15, 0.2) is 0 Å². The molecule has 11 heavy (non-hydrogen) atoms. The van der Waals surface area contributed by atoms with Crippen molar-refractivity contribution in [2.75, 3.05) is 7.11 Å². The van der Waals surface area contributed by atoms with Crippen molar-refractivity contribution in [2.24, 2.45) is 0 Å². The molecule has 1 aromatic heterocycles. The number of rotatable bonds is 3. The molecule has 0 amide bonds. The molecular formula is C8H10O2S. The quantitative estimate of drug-likeness (QED) is 0.647. The zero-order valence-electron chi connectivity index (χ0n) is 6.37. The predicted octanol–water partition coefficient (Wildman–Crippen LogP) is 1.85. The number of ether oxygens (including phenoxy) is 1. The number of hydrogen-bond donors (Lipinski definition) is 0. The summed E-state index contributed by atoms with van der Waals surface area (Å²) in [6.07, 6.45) is 1.28. The SMILES string of the molecule is COC(=O)CCc1cccs1. The molecule has 0 radical (unpaired) electrons. The summed E-state index contributed by atoms with van der Waals surface area (Å²) in [6, 6.07) is 4.00. The van der Waals surface area contributed by atoms with Gasteiger partial charge in [0.2, 0.25) is 0 Å². The van der Waals surface area contributed by atoms with E-state index in [1.54, 1.807) is 11.3 Å². The predicted molar refractivity (Wildman–Crippen MR) is 44.7 cm³/mol. The van der Waals surface area contributed by atoms with Crippen LogP contribution in [0.1, 0.15) is 11.3 Å². The smallest absolute Gasteiger partial charge is 0.305 e. The number of thiophene rings is 1. The molecule has 0 aliphatic carbocycles. The monoisotopic (exact) mass is 170 g/mol. The van der Waals surface area contributed by atoms with Gasteiger partial charge in [0.1, 0.15) is 0 Å². The molecule has 0 fully saturated rings. The normalized spacial score (nSPS) is 9.55. The number of methoxy groups -OCH3 is 1. The van der Waals surface area contributed by atoms with Crippen molar-refractivity contribution in [1.29, 1.82) is 0 Å². The van der Waals surface area contributed by atoms with Crippen molar-refractivity contribution in [3.63, 3.8) is 0 Å². The first-order valence-electron chi connectivity index (χ1n) is 3.42. The molecule has 0 aromatic carbocycles. The topological polar surface area (TPSA) is 26.3 Å². The fourth-order valence-corrected chi connectivity index (χ4v) is 1.49. The Hall–Kier alpha value is -0.830. The molecule has 0 unspecified atom stereocenters. The summed E-state index contributed by atoms with van der Waals surface area (Å²) in [6.45, 7) is 0. The highest BCUT2D eigenvalue weighted by molar-refractivity contribution is 7.09. The molecule has 0 saturated carbocycles. The van der Waals surface area contributed by atoms with Gasteiger partial charge in [-0.05, 0) is 17.9 Å². The molecule has 0 atom stereocenters. The van der Waals surface area contributed by atoms with E-state index in [1.807, 2.05) is 17.5 Å². The minimum atomic E-state index is -0.140. The number of hydrogen-bond acceptors (Lipinski definition) is 3. The zero-order chi connectivity index (χ0) is 8.10. The third-order valence-corrected chi connectivity index (χ3v) is 2.32. The number of aryl methyl sites for hydroxylation is 1. The fraction of sp³-hybridized carbons (Fsp3) is 0.375. The Labute approximate surface area is 69.8 Å². The van der Waals surface area contributed by atoms with E-state index in [0.29, 0.717) is 6.42 Å². The second-order valence-corrected chi connectivity index (χ2v) is 3.19. The molecule has 1 rings (SSSR count). The molecule has 0 saturated heterocycles. The first-order valence-corrected chi connectivity index (χ1v) is 4.30. The van der Waals surface area contributed by atoms with Gasteiger partial charge in [-0.1, -0.05) is 6.07 Å². The summed E-state index contributed by atoms with van der Waals surface area (Å²) in [7, 11) is 1.41. The van der Waals surface area contributed by atoms with Crippen molar-refractivity contribution in [2.45, 2.75) is 12.8 Å². The maximum absolute atomic E-state index is 10.7. The van der Waals surface area contributed by atoms with E-state index in [-0.39, 0.29) is 5.97 Å².